The number of carboxylic acids is 1. The van der Waals surface area contributed by atoms with Gasteiger partial charge < -0.3 is 21.0 Å². The van der Waals surface area contributed by atoms with Crippen LogP contribution in [0.2, 0.25) is 0 Å². The van der Waals surface area contributed by atoms with E-state index in [0.29, 0.717) is 21.4 Å². The van der Waals surface area contributed by atoms with Crippen molar-refractivity contribution in [3.05, 3.63) is 27.9 Å². The molecule has 1 fully saturated rings. The van der Waals surface area contributed by atoms with E-state index in [2.05, 4.69) is 25.8 Å². The quantitative estimate of drug-likeness (QED) is 0.153. The van der Waals surface area contributed by atoms with Gasteiger partial charge in [-0.25, -0.2) is 9.67 Å². The van der Waals surface area contributed by atoms with Gasteiger partial charge in [0, 0.05) is 30.3 Å². The summed E-state index contributed by atoms with van der Waals surface area (Å²) in [5, 5.41) is 25.8. The van der Waals surface area contributed by atoms with Crippen LogP contribution in [-0.2, 0) is 21.4 Å². The number of hydrogen-bond donors (Lipinski definition) is 2. The van der Waals surface area contributed by atoms with Crippen molar-refractivity contribution in [2.24, 2.45) is 7.05 Å². The second-order valence-corrected chi connectivity index (χ2v) is 9.89. The Balaban J connectivity index is 0.00000306. The van der Waals surface area contributed by atoms with Gasteiger partial charge in [0.15, 0.2) is 5.13 Å². The van der Waals surface area contributed by atoms with Gasteiger partial charge in [0.2, 0.25) is 5.16 Å². The topological polar surface area (TPSA) is 172 Å². The molecule has 12 nitrogen and oxygen atoms in total. The molecule has 168 valence electrons. The fourth-order valence-electron chi connectivity index (χ4n) is 3.12. The second-order valence-electron chi connectivity index (χ2n) is 6.56. The third-order valence-corrected chi connectivity index (χ3v) is 8.14. The Kier molecular flexibility index (Phi) is 8.47. The number of carbonyl (C=O) groups excluding carboxylic acids is 3. The average molecular weight is 537 g/mol. The van der Waals surface area contributed by atoms with Crippen LogP contribution in [0.4, 0.5) is 5.13 Å². The maximum absolute atomic E-state index is 12.8. The number of β-lactam (4-membered cyclic amide) rings is 1. The van der Waals surface area contributed by atoms with Crippen LogP contribution in [0.5, 0.6) is 0 Å². The van der Waals surface area contributed by atoms with Crippen molar-refractivity contribution < 1.29 is 49.0 Å². The number of hydrogen-bond acceptors (Lipinski definition) is 12. The van der Waals surface area contributed by atoms with Crippen molar-refractivity contribution in [2.75, 3.05) is 17.2 Å². The summed E-state index contributed by atoms with van der Waals surface area (Å²) in [6.07, 6.45) is 1.41. The molecule has 2 amide bonds. The molecule has 1 unspecified atom stereocenters. The molecule has 17 heteroatoms. The predicted octanol–water partition coefficient (Wildman–Crippen LogP) is -3.97. The first-order chi connectivity index (χ1) is 15.3. The summed E-state index contributed by atoms with van der Waals surface area (Å²) in [6, 6.07) is -0.907. The Morgan fingerprint density at radius 2 is 2.24 bits per heavy atom. The largest absolute Gasteiger partial charge is 1.00 e. The summed E-state index contributed by atoms with van der Waals surface area (Å²) in [4.78, 5) is 42.8. The van der Waals surface area contributed by atoms with Gasteiger partial charge in [0.25, 0.3) is 11.8 Å². The number of nitrogens with zero attached hydrogens (tertiary/aromatic N) is 6. The van der Waals surface area contributed by atoms with Crippen molar-refractivity contribution in [1.29, 1.82) is 0 Å². The van der Waals surface area contributed by atoms with Crippen LogP contribution in [0.15, 0.2) is 28.2 Å². The minimum Gasteiger partial charge on any atom is -0.543 e. The van der Waals surface area contributed by atoms with Crippen LogP contribution in [0, 0.1) is 0 Å². The number of thiazole rings is 1. The molecule has 0 bridgehead atoms. The summed E-state index contributed by atoms with van der Waals surface area (Å²) < 4.78 is 1.46. The number of nitrogen functional groups attached to an aromatic ring is 1. The van der Waals surface area contributed by atoms with E-state index in [1.807, 2.05) is 0 Å². The third-order valence-electron chi connectivity index (χ3n) is 4.63. The molecule has 2 aliphatic rings. The van der Waals surface area contributed by atoms with Gasteiger partial charge in [0.05, 0.1) is 22.1 Å². The molecule has 0 aliphatic carbocycles. The maximum atomic E-state index is 12.8. The molecule has 2 aromatic heterocycles. The van der Waals surface area contributed by atoms with Crippen molar-refractivity contribution in [3.63, 3.8) is 0 Å². The Hall–Kier alpha value is -1.62. The minimum atomic E-state index is -1.46. The summed E-state index contributed by atoms with van der Waals surface area (Å²) in [5.74, 6) is -1.98. The average Bonchev–Trinajstić information content (AvgIpc) is 3.37. The molecular weight excluding hydrogens is 523 g/mol. The molecule has 2 aromatic rings. The first kappa shape index (κ1) is 26.0. The number of tetrazole rings is 1. The van der Waals surface area contributed by atoms with Crippen molar-refractivity contribution in [1.82, 2.24) is 35.4 Å². The molecule has 2 aliphatic heterocycles. The van der Waals surface area contributed by atoms with Gasteiger partial charge in [-0.15, -0.1) is 16.9 Å². The number of carboxylic acid groups (broad SMARTS) is 1. The van der Waals surface area contributed by atoms with Crippen molar-refractivity contribution in [3.8, 4) is 0 Å². The minimum absolute atomic E-state index is 0. The Morgan fingerprint density at radius 1 is 1.48 bits per heavy atom. The second kappa shape index (κ2) is 10.8. The van der Waals surface area contributed by atoms with E-state index >= 15 is 0 Å². The fraction of sp³-hybridized carbons (Fsp3) is 0.312. The number of amides is 2. The summed E-state index contributed by atoms with van der Waals surface area (Å²) in [6.45, 7) is 0. The van der Waals surface area contributed by atoms with Gasteiger partial charge in [-0.2, -0.15) is 0 Å². The standard InChI is InChI=1S/C16H15ClN8O4S3.Na/c1-24-16(21-22-23-24)31-5-6-4-30-13-9(12(27)25(13)10(6)14(28)29)20-11(26)7(2-17)8-3-19-15(18)32-8;/h2-3,9,13H,4-5H2,1H3,(H2,18,19)(H,20,26)(H,28,29);/q;+1/p-1/t9?,13-;/m0./s1. The molecule has 4 heterocycles. The van der Waals surface area contributed by atoms with E-state index in [4.69, 9.17) is 17.3 Å². The Bertz CT molecular complexity index is 1170. The first-order valence-corrected chi connectivity index (χ1v) is 12.2. The van der Waals surface area contributed by atoms with Crippen molar-refractivity contribution in [2.45, 2.75) is 16.6 Å². The Morgan fingerprint density at radius 3 is 2.82 bits per heavy atom. The summed E-state index contributed by atoms with van der Waals surface area (Å²) in [7, 11) is 1.67. The number of thioether (sulfide) groups is 2. The summed E-state index contributed by atoms with van der Waals surface area (Å²) >= 11 is 9.47. The zero-order valence-electron chi connectivity index (χ0n) is 17.2. The Labute approximate surface area is 226 Å². The SMILES string of the molecule is Cn1nnnc1SCC1=C(C(=O)[O-])N2C(=O)C(NC(=O)C(=CCl)c3cnc(N)s3)[C@@H]2SC1.[Na+]. The zero-order chi connectivity index (χ0) is 23.0. The molecule has 0 aromatic carbocycles. The number of aryl methyl sites for hydroxylation is 1. The van der Waals surface area contributed by atoms with Crippen LogP contribution in [0.25, 0.3) is 5.57 Å². The smallest absolute Gasteiger partial charge is 0.543 e. The van der Waals surface area contributed by atoms with Gasteiger partial charge >= 0.3 is 29.6 Å². The fourth-order valence-corrected chi connectivity index (χ4v) is 6.44. The number of nitrogens with one attached hydrogen (secondary N) is 1. The van der Waals surface area contributed by atoms with E-state index in [-0.39, 0.29) is 51.7 Å². The molecular formula is C16H14ClN8NaO4S3. The molecule has 4 rings (SSSR count). The molecule has 2 atom stereocenters. The van der Waals surface area contributed by atoms with E-state index in [1.165, 1.54) is 34.4 Å². The van der Waals surface area contributed by atoms with Crippen LogP contribution < -0.4 is 45.7 Å². The molecule has 3 N–H and O–H groups in total. The number of fused-ring (bicyclic) bond motifs is 1. The van der Waals surface area contributed by atoms with Crippen LogP contribution in [-0.4, -0.2) is 70.8 Å². The number of aliphatic carboxylic acids is 1. The van der Waals surface area contributed by atoms with Gasteiger partial charge in [-0.05, 0) is 16.0 Å². The van der Waals surface area contributed by atoms with Gasteiger partial charge in [-0.1, -0.05) is 34.7 Å². The normalized spacial score (nSPS) is 20.1. The first-order valence-electron chi connectivity index (χ1n) is 8.88. The van der Waals surface area contributed by atoms with E-state index < -0.39 is 29.2 Å². The number of anilines is 1. The van der Waals surface area contributed by atoms with E-state index in [1.54, 1.807) is 7.05 Å². The molecule has 0 radical (unpaired) electrons. The number of carbonyl (C=O) groups is 3. The van der Waals surface area contributed by atoms with Gasteiger partial charge in [-0.3, -0.25) is 14.5 Å². The number of aromatic nitrogens is 5. The van der Waals surface area contributed by atoms with Crippen LogP contribution in [0.1, 0.15) is 4.88 Å². The molecule has 33 heavy (non-hydrogen) atoms. The molecule has 0 spiro atoms. The third kappa shape index (κ3) is 5.08. The van der Waals surface area contributed by atoms with Crippen LogP contribution >= 0.6 is 46.5 Å². The number of nitrogens with two attached hydrogens (primary N) is 1. The summed E-state index contributed by atoms with van der Waals surface area (Å²) in [5.41, 5.74) is 7.12. The molecule has 0 saturated carbocycles. The van der Waals surface area contributed by atoms with Gasteiger partial charge in [0.1, 0.15) is 11.4 Å². The predicted molar refractivity (Wildman–Crippen MR) is 117 cm³/mol. The maximum Gasteiger partial charge on any atom is 1.00 e. The monoisotopic (exact) mass is 536 g/mol. The van der Waals surface area contributed by atoms with E-state index in [9.17, 15) is 19.5 Å². The van der Waals surface area contributed by atoms with E-state index in [0.717, 1.165) is 21.8 Å². The number of rotatable bonds is 7. The molecule has 1 saturated heterocycles. The van der Waals surface area contributed by atoms with Crippen molar-refractivity contribution >= 4 is 74.9 Å². The number of halogens is 1. The van der Waals surface area contributed by atoms with Crippen LogP contribution in [0.3, 0.4) is 0 Å². The zero-order valence-corrected chi connectivity index (χ0v) is 22.4.